The van der Waals surface area contributed by atoms with E-state index in [9.17, 15) is 0 Å². The summed E-state index contributed by atoms with van der Waals surface area (Å²) in [5, 5.41) is 2.05. The smallest absolute Gasteiger partial charge is 0.145 e. The molecule has 396 valence electrons. The lowest BCUT2D eigenvalue weighted by Crippen LogP contribution is -2.29. The molecule has 14 rings (SSSR count). The standard InChI is InChI=1S/C77H62N4O/c1-75(2,3)55-35-43-61(44-36-55)80(59-39-31-53(32-40-59)51-21-11-7-12-22-51)66-49-65-71(74-69(66)63-29-19-20-30-68(63)82-74)70-64(77(65,57-25-15-9-16-26-57)58-27-17-10-18-28-58)50-67(72-73(70)79-48-47-78-72)81(62-45-37-56(38-46-62)76(4,5)6)60-41-33-54(34-42-60)52-23-13-8-14-24-52/h7-50H,1-6H3. The van der Waals surface area contributed by atoms with Gasteiger partial charge in [0, 0.05) is 51.7 Å². The van der Waals surface area contributed by atoms with Crippen molar-refractivity contribution in [1.82, 2.24) is 9.97 Å². The second-order valence-electron chi connectivity index (χ2n) is 23.8. The monoisotopic (exact) mass is 1060 g/mol. The van der Waals surface area contributed by atoms with Crippen molar-refractivity contribution in [2.24, 2.45) is 0 Å². The number of fused-ring (bicyclic) bond motifs is 9. The highest BCUT2D eigenvalue weighted by atomic mass is 16.3. The van der Waals surface area contributed by atoms with Crippen molar-refractivity contribution in [3.8, 4) is 33.4 Å². The van der Waals surface area contributed by atoms with Crippen LogP contribution in [0.15, 0.2) is 272 Å². The molecule has 2 heterocycles. The molecular formula is C77H62N4O. The van der Waals surface area contributed by atoms with Gasteiger partial charge in [-0.25, -0.2) is 0 Å². The van der Waals surface area contributed by atoms with Crippen LogP contribution in [-0.2, 0) is 16.2 Å². The molecule has 0 spiro atoms. The van der Waals surface area contributed by atoms with Crippen LogP contribution in [0.2, 0.25) is 0 Å². The fraction of sp³-hybridized carbons (Fsp3) is 0.117. The lowest BCUT2D eigenvalue weighted by molar-refractivity contribution is 0.590. The van der Waals surface area contributed by atoms with Crippen LogP contribution < -0.4 is 9.80 Å². The molecule has 11 aromatic carbocycles. The average Bonchev–Trinajstić information content (AvgIpc) is 1.60. The predicted molar refractivity (Wildman–Crippen MR) is 342 cm³/mol. The van der Waals surface area contributed by atoms with E-state index in [0.717, 1.165) is 112 Å². The number of nitrogens with zero attached hydrogens (tertiary/aromatic N) is 4. The lowest BCUT2D eigenvalue weighted by atomic mass is 9.67. The van der Waals surface area contributed by atoms with Crippen LogP contribution >= 0.6 is 0 Å². The van der Waals surface area contributed by atoms with E-state index in [2.05, 4.69) is 306 Å². The van der Waals surface area contributed by atoms with Gasteiger partial charge in [0.05, 0.1) is 27.7 Å². The van der Waals surface area contributed by atoms with Crippen molar-refractivity contribution in [3.05, 3.63) is 301 Å². The number of rotatable bonds is 10. The molecule has 0 amide bonds. The highest BCUT2D eigenvalue weighted by Gasteiger charge is 2.50. The third-order valence-electron chi connectivity index (χ3n) is 16.8. The third kappa shape index (κ3) is 8.38. The molecule has 13 aromatic rings. The van der Waals surface area contributed by atoms with Gasteiger partial charge in [0.2, 0.25) is 0 Å². The Hall–Kier alpha value is -9.84. The van der Waals surface area contributed by atoms with Gasteiger partial charge in [-0.05, 0) is 133 Å². The molecule has 2 aromatic heterocycles. The predicted octanol–water partition coefficient (Wildman–Crippen LogP) is 20.8. The Balaban J connectivity index is 1.11. The molecule has 82 heavy (non-hydrogen) atoms. The van der Waals surface area contributed by atoms with Crippen LogP contribution in [0.5, 0.6) is 0 Å². The summed E-state index contributed by atoms with van der Waals surface area (Å²) in [7, 11) is 0. The number of hydrogen-bond donors (Lipinski definition) is 0. The summed E-state index contributed by atoms with van der Waals surface area (Å²) >= 11 is 0. The topological polar surface area (TPSA) is 45.4 Å². The van der Waals surface area contributed by atoms with Crippen LogP contribution in [0, 0.1) is 0 Å². The molecule has 0 N–H and O–H groups in total. The van der Waals surface area contributed by atoms with E-state index < -0.39 is 5.41 Å². The number of furan rings is 1. The van der Waals surface area contributed by atoms with Gasteiger partial charge in [-0.2, -0.15) is 0 Å². The maximum Gasteiger partial charge on any atom is 0.145 e. The zero-order valence-electron chi connectivity index (χ0n) is 47.1. The molecule has 0 atom stereocenters. The van der Waals surface area contributed by atoms with Gasteiger partial charge in [-0.15, -0.1) is 0 Å². The Bertz CT molecular complexity index is 4430. The minimum absolute atomic E-state index is 0.0406. The molecule has 5 heteroatoms. The van der Waals surface area contributed by atoms with Crippen LogP contribution in [0.4, 0.5) is 34.1 Å². The Morgan fingerprint density at radius 1 is 0.366 bits per heavy atom. The number of aromatic nitrogens is 2. The van der Waals surface area contributed by atoms with E-state index in [1.54, 1.807) is 0 Å². The maximum atomic E-state index is 7.49. The summed E-state index contributed by atoms with van der Waals surface area (Å²) in [5.74, 6) is 0. The van der Waals surface area contributed by atoms with Gasteiger partial charge in [0.25, 0.3) is 0 Å². The summed E-state index contributed by atoms with van der Waals surface area (Å²) in [4.78, 5) is 15.7. The number of benzene rings is 11. The summed E-state index contributed by atoms with van der Waals surface area (Å²) < 4.78 is 7.49. The summed E-state index contributed by atoms with van der Waals surface area (Å²) in [6.07, 6.45) is 3.68. The molecule has 0 saturated carbocycles. The second kappa shape index (κ2) is 19.8. The summed E-state index contributed by atoms with van der Waals surface area (Å²) in [6, 6.07) is 92.9. The Labute approximate surface area is 480 Å². The van der Waals surface area contributed by atoms with Gasteiger partial charge < -0.3 is 14.2 Å². The van der Waals surface area contributed by atoms with Crippen molar-refractivity contribution in [3.63, 3.8) is 0 Å². The van der Waals surface area contributed by atoms with E-state index in [4.69, 9.17) is 14.4 Å². The van der Waals surface area contributed by atoms with Crippen LogP contribution in [0.1, 0.15) is 74.9 Å². The fourth-order valence-corrected chi connectivity index (χ4v) is 12.7. The quantitative estimate of drug-likeness (QED) is 0.137. The molecule has 0 aliphatic heterocycles. The maximum absolute atomic E-state index is 7.49. The number of para-hydroxylation sites is 1. The first-order chi connectivity index (χ1) is 39.9. The van der Waals surface area contributed by atoms with Crippen molar-refractivity contribution in [2.75, 3.05) is 9.80 Å². The molecule has 5 nitrogen and oxygen atoms in total. The molecule has 0 saturated heterocycles. The molecule has 1 aliphatic rings. The summed E-state index contributed by atoms with van der Waals surface area (Å²) in [5.41, 5.74) is 21.8. The van der Waals surface area contributed by atoms with Gasteiger partial charge in [-0.3, -0.25) is 9.97 Å². The fourth-order valence-electron chi connectivity index (χ4n) is 12.7. The lowest BCUT2D eigenvalue weighted by Gasteiger charge is -2.36. The van der Waals surface area contributed by atoms with Gasteiger partial charge >= 0.3 is 0 Å². The van der Waals surface area contributed by atoms with E-state index in [-0.39, 0.29) is 10.8 Å². The zero-order valence-corrected chi connectivity index (χ0v) is 47.1. The molecule has 0 radical (unpaired) electrons. The number of anilines is 6. The van der Waals surface area contributed by atoms with Crippen LogP contribution in [0.25, 0.3) is 66.4 Å². The Morgan fingerprint density at radius 2 is 0.744 bits per heavy atom. The van der Waals surface area contributed by atoms with Crippen molar-refractivity contribution >= 4 is 67.1 Å². The van der Waals surface area contributed by atoms with Crippen LogP contribution in [-0.4, -0.2) is 9.97 Å². The largest absolute Gasteiger partial charge is 0.455 e. The van der Waals surface area contributed by atoms with E-state index in [0.29, 0.717) is 0 Å². The minimum Gasteiger partial charge on any atom is -0.455 e. The Kier molecular flexibility index (Phi) is 12.1. The molecule has 0 bridgehead atoms. The van der Waals surface area contributed by atoms with E-state index in [1.165, 1.54) is 22.3 Å². The summed E-state index contributed by atoms with van der Waals surface area (Å²) in [6.45, 7) is 13.6. The van der Waals surface area contributed by atoms with Crippen molar-refractivity contribution in [1.29, 1.82) is 0 Å². The van der Waals surface area contributed by atoms with Crippen LogP contribution in [0.3, 0.4) is 0 Å². The zero-order chi connectivity index (χ0) is 55.7. The highest BCUT2D eigenvalue weighted by Crippen LogP contribution is 2.63. The first-order valence-electron chi connectivity index (χ1n) is 28.5. The first-order valence-corrected chi connectivity index (χ1v) is 28.5. The van der Waals surface area contributed by atoms with Gasteiger partial charge in [0.15, 0.2) is 0 Å². The van der Waals surface area contributed by atoms with Crippen molar-refractivity contribution < 1.29 is 4.42 Å². The first kappa shape index (κ1) is 50.4. The van der Waals surface area contributed by atoms with Gasteiger partial charge in [0.1, 0.15) is 16.7 Å². The highest BCUT2D eigenvalue weighted by molar-refractivity contribution is 6.22. The molecule has 1 aliphatic carbocycles. The molecular weight excluding hydrogens is 997 g/mol. The number of hydrogen-bond acceptors (Lipinski definition) is 5. The van der Waals surface area contributed by atoms with E-state index >= 15 is 0 Å². The normalized spacial score (nSPS) is 12.9. The molecule has 0 unspecified atom stereocenters. The average molecular weight is 1060 g/mol. The SMILES string of the molecule is CC(C)(C)c1ccc(N(c2ccc(-c3ccccc3)cc2)c2cc3c(c4nccnc24)-c2c(cc(N(c4ccc(-c5ccccc5)cc4)c4ccc(C(C)(C)C)cc4)c4c2oc2ccccc24)C3(c2ccccc2)c2ccccc2)cc1. The third-order valence-corrected chi connectivity index (χ3v) is 16.8. The molecule has 0 fully saturated rings. The Morgan fingerprint density at radius 3 is 1.22 bits per heavy atom. The minimum atomic E-state index is -0.909. The van der Waals surface area contributed by atoms with Crippen molar-refractivity contribution in [2.45, 2.75) is 57.8 Å². The van der Waals surface area contributed by atoms with E-state index in [1.807, 2.05) is 12.4 Å². The second-order valence-corrected chi connectivity index (χ2v) is 23.8. The van der Waals surface area contributed by atoms with Gasteiger partial charge in [-0.1, -0.05) is 230 Å².